The maximum Gasteiger partial charge on any atom is 0.367 e. The van der Waals surface area contributed by atoms with E-state index in [9.17, 15) is 26.5 Å². The Morgan fingerprint density at radius 3 is 2.56 bits per heavy atom. The molecule has 0 spiro atoms. The van der Waals surface area contributed by atoms with Crippen LogP contribution in [-0.4, -0.2) is 43.0 Å². The molecule has 0 aromatic heterocycles. The maximum atomic E-state index is 12.8. The van der Waals surface area contributed by atoms with Crippen LogP contribution in [0.2, 0.25) is 0 Å². The third kappa shape index (κ3) is 2.47. The van der Waals surface area contributed by atoms with E-state index in [0.717, 1.165) is 6.42 Å². The summed E-state index contributed by atoms with van der Waals surface area (Å²) in [7, 11) is -5.82. The molecule has 2 saturated heterocycles. The highest BCUT2D eigenvalue weighted by Gasteiger charge is 2.47. The van der Waals surface area contributed by atoms with Crippen LogP contribution in [0.25, 0.3) is 0 Å². The lowest BCUT2D eigenvalue weighted by Crippen LogP contribution is -2.37. The molecule has 2 aliphatic heterocycles. The molecule has 9 heteroatoms. The summed E-state index contributed by atoms with van der Waals surface area (Å²) in [5.41, 5.74) is 0. The molecule has 104 valence electrons. The summed E-state index contributed by atoms with van der Waals surface area (Å²) in [5, 5.41) is -4.60. The highest BCUT2D eigenvalue weighted by Crippen LogP contribution is 2.39. The molecular formula is C9H11F2O6S-. The Hall–Kier alpha value is -0.800. The molecule has 3 atom stereocenters. The third-order valence-corrected chi connectivity index (χ3v) is 4.01. The van der Waals surface area contributed by atoms with Crippen LogP contribution in [0.1, 0.15) is 19.3 Å². The van der Waals surface area contributed by atoms with Crippen molar-refractivity contribution in [1.29, 1.82) is 0 Å². The second-order valence-corrected chi connectivity index (χ2v) is 5.92. The summed E-state index contributed by atoms with van der Waals surface area (Å²) in [5.74, 6) is -1.58. The van der Waals surface area contributed by atoms with Gasteiger partial charge in [-0.3, -0.25) is 4.79 Å². The minimum Gasteiger partial charge on any atom is -0.743 e. The Balaban J connectivity index is 1.90. The van der Waals surface area contributed by atoms with E-state index in [-0.39, 0.29) is 12.2 Å². The van der Waals surface area contributed by atoms with Gasteiger partial charge in [0.2, 0.25) is 0 Å². The Bertz CT molecular complexity index is 448. The first-order valence-electron chi connectivity index (χ1n) is 5.36. The van der Waals surface area contributed by atoms with Crippen LogP contribution in [-0.2, 0) is 24.4 Å². The van der Waals surface area contributed by atoms with E-state index in [0.29, 0.717) is 12.8 Å². The molecule has 6 nitrogen and oxygen atoms in total. The SMILES string of the molecule is O=C(OCC(F)(F)S(=O)(=O)[O-])C1CC2CCC1O2. The second-order valence-electron chi connectivity index (χ2n) is 4.42. The number of esters is 1. The lowest BCUT2D eigenvalue weighted by molar-refractivity contribution is -0.156. The molecule has 3 unspecified atom stereocenters. The molecule has 0 radical (unpaired) electrons. The molecule has 2 fully saturated rings. The molecule has 18 heavy (non-hydrogen) atoms. The average Bonchev–Trinajstić information content (AvgIpc) is 2.85. The van der Waals surface area contributed by atoms with E-state index in [1.165, 1.54) is 0 Å². The molecule has 0 N–H and O–H groups in total. The van der Waals surface area contributed by atoms with Crippen LogP contribution in [0, 0.1) is 5.92 Å². The molecule has 2 rings (SSSR count). The highest BCUT2D eigenvalue weighted by atomic mass is 32.2. The van der Waals surface area contributed by atoms with Gasteiger partial charge >= 0.3 is 11.2 Å². The maximum absolute atomic E-state index is 12.8. The standard InChI is InChI=1S/C9H12F2O6S/c10-9(11,18(13,14)15)4-16-8(12)6-3-5-1-2-7(6)17-5/h5-7H,1-4H2,(H,13,14,15)/p-1. The molecule has 2 heterocycles. The Morgan fingerprint density at radius 1 is 1.44 bits per heavy atom. The molecule has 2 aliphatic rings. The van der Waals surface area contributed by atoms with Crippen molar-refractivity contribution in [2.75, 3.05) is 6.61 Å². The van der Waals surface area contributed by atoms with Crippen molar-refractivity contribution in [2.24, 2.45) is 5.92 Å². The number of carbonyl (C=O) groups excluding carboxylic acids is 1. The zero-order chi connectivity index (χ0) is 13.6. The van der Waals surface area contributed by atoms with Gasteiger partial charge in [-0.05, 0) is 19.3 Å². The normalized spacial score (nSPS) is 31.6. The molecule has 2 bridgehead atoms. The highest BCUT2D eigenvalue weighted by molar-refractivity contribution is 7.86. The van der Waals surface area contributed by atoms with Gasteiger partial charge in [-0.15, -0.1) is 0 Å². The van der Waals surface area contributed by atoms with Gasteiger partial charge in [0.05, 0.1) is 18.1 Å². The largest absolute Gasteiger partial charge is 0.743 e. The van der Waals surface area contributed by atoms with Crippen molar-refractivity contribution >= 4 is 16.1 Å². The molecule has 0 aliphatic carbocycles. The number of alkyl halides is 2. The van der Waals surface area contributed by atoms with Gasteiger partial charge in [-0.25, -0.2) is 8.42 Å². The Morgan fingerprint density at radius 2 is 2.11 bits per heavy atom. The van der Waals surface area contributed by atoms with Crippen LogP contribution in [0.15, 0.2) is 0 Å². The number of ether oxygens (including phenoxy) is 2. The fraction of sp³-hybridized carbons (Fsp3) is 0.889. The van der Waals surface area contributed by atoms with Crippen LogP contribution in [0.4, 0.5) is 8.78 Å². The monoisotopic (exact) mass is 285 g/mol. The van der Waals surface area contributed by atoms with E-state index in [1.54, 1.807) is 0 Å². The summed E-state index contributed by atoms with van der Waals surface area (Å²) >= 11 is 0. The number of halogens is 2. The molecule has 0 amide bonds. The lowest BCUT2D eigenvalue weighted by atomic mass is 9.89. The van der Waals surface area contributed by atoms with Crippen molar-refractivity contribution < 1.29 is 36.0 Å². The zero-order valence-corrected chi connectivity index (χ0v) is 9.99. The third-order valence-electron chi connectivity index (χ3n) is 3.16. The number of hydrogen-bond acceptors (Lipinski definition) is 6. The molecular weight excluding hydrogens is 274 g/mol. The smallest absolute Gasteiger partial charge is 0.367 e. The summed E-state index contributed by atoms with van der Waals surface area (Å²) in [6, 6.07) is 0. The molecule has 0 aromatic rings. The van der Waals surface area contributed by atoms with Gasteiger partial charge in [-0.1, -0.05) is 0 Å². The minimum atomic E-state index is -5.82. The number of fused-ring (bicyclic) bond motifs is 2. The first kappa shape index (κ1) is 13.6. The van der Waals surface area contributed by atoms with Gasteiger partial charge in [0.1, 0.15) is 0 Å². The van der Waals surface area contributed by atoms with Gasteiger partial charge in [0, 0.05) is 0 Å². The van der Waals surface area contributed by atoms with Crippen LogP contribution >= 0.6 is 0 Å². The Labute approximate surface area is 102 Å². The second kappa shape index (κ2) is 4.39. The average molecular weight is 285 g/mol. The van der Waals surface area contributed by atoms with E-state index in [4.69, 9.17) is 4.74 Å². The predicted molar refractivity (Wildman–Crippen MR) is 51.6 cm³/mol. The van der Waals surface area contributed by atoms with Crippen LogP contribution in [0.5, 0.6) is 0 Å². The fourth-order valence-corrected chi connectivity index (χ4v) is 2.42. The van der Waals surface area contributed by atoms with Crippen molar-refractivity contribution in [3.05, 3.63) is 0 Å². The summed E-state index contributed by atoms with van der Waals surface area (Å²) in [6.07, 6.45) is 1.45. The minimum absolute atomic E-state index is 0.0590. The van der Waals surface area contributed by atoms with Crippen LogP contribution < -0.4 is 0 Å². The van der Waals surface area contributed by atoms with E-state index >= 15 is 0 Å². The fourth-order valence-electron chi connectivity index (χ4n) is 2.22. The van der Waals surface area contributed by atoms with Gasteiger partial charge in [-0.2, -0.15) is 8.78 Å². The topological polar surface area (TPSA) is 92.7 Å². The van der Waals surface area contributed by atoms with Gasteiger partial charge in [0.25, 0.3) is 0 Å². The Kier molecular flexibility index (Phi) is 3.32. The quantitative estimate of drug-likeness (QED) is 0.542. The van der Waals surface area contributed by atoms with Crippen molar-refractivity contribution in [2.45, 2.75) is 36.7 Å². The van der Waals surface area contributed by atoms with Gasteiger partial charge in [0.15, 0.2) is 16.7 Å². The van der Waals surface area contributed by atoms with Crippen molar-refractivity contribution in [3.8, 4) is 0 Å². The summed E-state index contributed by atoms with van der Waals surface area (Å²) < 4.78 is 65.7. The lowest BCUT2D eigenvalue weighted by Gasteiger charge is -2.22. The van der Waals surface area contributed by atoms with Crippen LogP contribution in [0.3, 0.4) is 0 Å². The first-order chi connectivity index (χ1) is 8.21. The zero-order valence-electron chi connectivity index (χ0n) is 9.17. The van der Waals surface area contributed by atoms with Gasteiger partial charge < -0.3 is 14.0 Å². The predicted octanol–water partition coefficient (Wildman–Crippen LogP) is 0.235. The number of rotatable bonds is 4. The van der Waals surface area contributed by atoms with E-state index < -0.39 is 33.9 Å². The number of carbonyl (C=O) groups is 1. The molecule has 0 saturated carbocycles. The summed E-state index contributed by atoms with van der Waals surface area (Å²) in [6.45, 7) is -1.74. The van der Waals surface area contributed by atoms with E-state index in [1.807, 2.05) is 0 Å². The van der Waals surface area contributed by atoms with Crippen molar-refractivity contribution in [3.63, 3.8) is 0 Å². The van der Waals surface area contributed by atoms with E-state index in [2.05, 4.69) is 4.74 Å². The number of hydrogen-bond donors (Lipinski definition) is 0. The first-order valence-corrected chi connectivity index (χ1v) is 6.77. The van der Waals surface area contributed by atoms with Crippen molar-refractivity contribution in [1.82, 2.24) is 0 Å². The molecule has 0 aromatic carbocycles. The summed E-state index contributed by atoms with van der Waals surface area (Å²) in [4.78, 5) is 11.5.